The Balaban J connectivity index is 2.11. The van der Waals surface area contributed by atoms with E-state index in [2.05, 4.69) is 20.6 Å². The van der Waals surface area contributed by atoms with Gasteiger partial charge in [0.15, 0.2) is 11.6 Å². The summed E-state index contributed by atoms with van der Waals surface area (Å²) in [4.78, 5) is 8.98. The van der Waals surface area contributed by atoms with Gasteiger partial charge in [0.2, 0.25) is 5.95 Å². The van der Waals surface area contributed by atoms with Crippen molar-refractivity contribution in [3.05, 3.63) is 33.9 Å². The molecule has 0 aliphatic carbocycles. The minimum Gasteiger partial charge on any atom is -0.363 e. The van der Waals surface area contributed by atoms with E-state index in [9.17, 15) is 4.39 Å². The molecule has 2 rings (SSSR count). The third-order valence-corrected chi connectivity index (χ3v) is 3.38. The third-order valence-electron chi connectivity index (χ3n) is 2.35. The molecule has 0 aromatic carbocycles. The molecule has 0 fully saturated rings. The van der Waals surface area contributed by atoms with E-state index in [1.165, 1.54) is 10.4 Å². The number of nitrogens with one attached hydrogen (secondary N) is 2. The molecule has 0 saturated heterocycles. The summed E-state index contributed by atoms with van der Waals surface area (Å²) < 4.78 is 13.4. The van der Waals surface area contributed by atoms with E-state index in [0.717, 1.165) is 6.20 Å². The average Bonchev–Trinajstić information content (AvgIpc) is 2.74. The van der Waals surface area contributed by atoms with Crippen LogP contribution in [-0.2, 0) is 6.54 Å². The van der Waals surface area contributed by atoms with Gasteiger partial charge in [0.1, 0.15) is 0 Å². The molecule has 2 heterocycles. The molecule has 0 spiro atoms. The summed E-state index contributed by atoms with van der Waals surface area (Å²) in [5, 5.41) is 7.76. The molecule has 0 atom stereocenters. The van der Waals surface area contributed by atoms with Crippen LogP contribution >= 0.6 is 11.3 Å². The van der Waals surface area contributed by atoms with Gasteiger partial charge in [0.05, 0.1) is 12.7 Å². The van der Waals surface area contributed by atoms with Crippen LogP contribution in [0.1, 0.15) is 10.4 Å². The topological polar surface area (TPSA) is 49.8 Å². The van der Waals surface area contributed by atoms with Gasteiger partial charge in [-0.3, -0.25) is 0 Å². The van der Waals surface area contributed by atoms with Crippen molar-refractivity contribution >= 4 is 23.1 Å². The molecule has 0 saturated carbocycles. The second-order valence-electron chi connectivity index (χ2n) is 3.52. The average molecular weight is 252 g/mol. The molecular weight excluding hydrogens is 239 g/mol. The van der Waals surface area contributed by atoms with Gasteiger partial charge < -0.3 is 10.6 Å². The van der Waals surface area contributed by atoms with Gasteiger partial charge in [-0.1, -0.05) is 0 Å². The fraction of sp³-hybridized carbons (Fsp3) is 0.273. The van der Waals surface area contributed by atoms with Crippen molar-refractivity contribution in [1.29, 1.82) is 0 Å². The zero-order valence-corrected chi connectivity index (χ0v) is 10.4. The second-order valence-corrected chi connectivity index (χ2v) is 4.52. The number of aromatic nitrogens is 2. The first-order valence-corrected chi connectivity index (χ1v) is 6.06. The SMILES string of the molecule is CNc1ncc(F)c(NCc2sccc2C)n1. The summed E-state index contributed by atoms with van der Waals surface area (Å²) in [6.45, 7) is 2.60. The lowest BCUT2D eigenvalue weighted by Crippen LogP contribution is -2.06. The predicted octanol–water partition coefficient (Wildman–Crippen LogP) is 2.64. The third kappa shape index (κ3) is 2.71. The Morgan fingerprint density at radius 3 is 2.94 bits per heavy atom. The molecule has 0 amide bonds. The van der Waals surface area contributed by atoms with Crippen LogP contribution in [0.2, 0.25) is 0 Å². The molecule has 6 heteroatoms. The second kappa shape index (κ2) is 5.09. The van der Waals surface area contributed by atoms with E-state index < -0.39 is 5.82 Å². The van der Waals surface area contributed by atoms with Crippen molar-refractivity contribution in [2.45, 2.75) is 13.5 Å². The number of halogens is 1. The van der Waals surface area contributed by atoms with Crippen LogP contribution in [-0.4, -0.2) is 17.0 Å². The highest BCUT2D eigenvalue weighted by Gasteiger charge is 2.07. The van der Waals surface area contributed by atoms with Gasteiger partial charge in [0, 0.05) is 11.9 Å². The molecule has 2 aromatic rings. The van der Waals surface area contributed by atoms with E-state index in [1.54, 1.807) is 18.4 Å². The van der Waals surface area contributed by atoms with Crippen LogP contribution in [0, 0.1) is 12.7 Å². The lowest BCUT2D eigenvalue weighted by atomic mass is 10.3. The minimum absolute atomic E-state index is 0.220. The van der Waals surface area contributed by atoms with Crippen LogP contribution < -0.4 is 10.6 Å². The Morgan fingerprint density at radius 1 is 1.47 bits per heavy atom. The Bertz CT molecular complexity index is 512. The van der Waals surface area contributed by atoms with Gasteiger partial charge in [-0.25, -0.2) is 9.37 Å². The Hall–Kier alpha value is -1.69. The summed E-state index contributed by atoms with van der Waals surface area (Å²) in [7, 11) is 1.69. The fourth-order valence-corrected chi connectivity index (χ4v) is 2.21. The molecule has 0 aliphatic rings. The summed E-state index contributed by atoms with van der Waals surface area (Å²) >= 11 is 1.64. The number of nitrogens with zero attached hydrogens (tertiary/aromatic N) is 2. The van der Waals surface area contributed by atoms with Crippen LogP contribution in [0.25, 0.3) is 0 Å². The van der Waals surface area contributed by atoms with Crippen LogP contribution in [0.4, 0.5) is 16.2 Å². The van der Waals surface area contributed by atoms with Crippen LogP contribution in [0.5, 0.6) is 0 Å². The molecule has 2 N–H and O–H groups in total. The summed E-state index contributed by atoms with van der Waals surface area (Å²) in [5.41, 5.74) is 1.20. The molecule has 0 aliphatic heterocycles. The molecule has 2 aromatic heterocycles. The van der Waals surface area contributed by atoms with Crippen molar-refractivity contribution < 1.29 is 4.39 Å². The Morgan fingerprint density at radius 2 is 2.29 bits per heavy atom. The van der Waals surface area contributed by atoms with E-state index in [-0.39, 0.29) is 5.82 Å². The number of aryl methyl sites for hydroxylation is 1. The molecule has 17 heavy (non-hydrogen) atoms. The molecular formula is C11H13FN4S. The minimum atomic E-state index is -0.446. The number of anilines is 2. The van der Waals surface area contributed by atoms with E-state index in [0.29, 0.717) is 12.5 Å². The maximum absolute atomic E-state index is 13.4. The van der Waals surface area contributed by atoms with Crippen LogP contribution in [0.3, 0.4) is 0 Å². The number of rotatable bonds is 4. The maximum Gasteiger partial charge on any atom is 0.224 e. The van der Waals surface area contributed by atoms with E-state index in [4.69, 9.17) is 0 Å². The first-order chi connectivity index (χ1) is 8.20. The Labute approximate surface area is 103 Å². The highest BCUT2D eigenvalue weighted by atomic mass is 32.1. The van der Waals surface area contributed by atoms with Crippen molar-refractivity contribution in [1.82, 2.24) is 9.97 Å². The largest absolute Gasteiger partial charge is 0.363 e. The Kier molecular flexibility index (Phi) is 3.53. The zero-order valence-electron chi connectivity index (χ0n) is 9.62. The quantitative estimate of drug-likeness (QED) is 0.878. The highest BCUT2D eigenvalue weighted by molar-refractivity contribution is 7.10. The van der Waals surface area contributed by atoms with Gasteiger partial charge in [-0.05, 0) is 23.9 Å². The molecule has 0 bridgehead atoms. The van der Waals surface area contributed by atoms with E-state index >= 15 is 0 Å². The highest BCUT2D eigenvalue weighted by Crippen LogP contribution is 2.18. The molecule has 4 nitrogen and oxygen atoms in total. The number of thiophene rings is 1. The monoisotopic (exact) mass is 252 g/mol. The van der Waals surface area contributed by atoms with Crippen molar-refractivity contribution in [2.24, 2.45) is 0 Å². The standard InChI is InChI=1S/C11H13FN4S/c1-7-3-4-17-9(7)6-14-10-8(12)5-15-11(13-2)16-10/h3-5H,6H2,1-2H3,(H2,13,14,15,16). The lowest BCUT2D eigenvalue weighted by molar-refractivity contribution is 0.617. The van der Waals surface area contributed by atoms with Gasteiger partial charge in [-0.2, -0.15) is 4.98 Å². The first-order valence-electron chi connectivity index (χ1n) is 5.18. The molecule has 90 valence electrons. The first kappa shape index (κ1) is 11.8. The lowest BCUT2D eigenvalue weighted by Gasteiger charge is -2.07. The van der Waals surface area contributed by atoms with Gasteiger partial charge >= 0.3 is 0 Å². The van der Waals surface area contributed by atoms with Gasteiger partial charge in [-0.15, -0.1) is 11.3 Å². The predicted molar refractivity (Wildman–Crippen MR) is 67.9 cm³/mol. The van der Waals surface area contributed by atoms with Crippen molar-refractivity contribution in [3.63, 3.8) is 0 Å². The molecule has 0 unspecified atom stereocenters. The summed E-state index contributed by atoms with van der Waals surface area (Å²) in [6, 6.07) is 2.04. The van der Waals surface area contributed by atoms with Crippen molar-refractivity contribution in [3.8, 4) is 0 Å². The van der Waals surface area contributed by atoms with E-state index in [1.807, 2.05) is 18.4 Å². The van der Waals surface area contributed by atoms with Crippen LogP contribution in [0.15, 0.2) is 17.6 Å². The maximum atomic E-state index is 13.4. The van der Waals surface area contributed by atoms with Gasteiger partial charge in [0.25, 0.3) is 0 Å². The summed E-state index contributed by atoms with van der Waals surface area (Å²) in [6.07, 6.45) is 1.16. The number of hydrogen-bond acceptors (Lipinski definition) is 5. The fourth-order valence-electron chi connectivity index (χ4n) is 1.36. The van der Waals surface area contributed by atoms with Crippen molar-refractivity contribution in [2.75, 3.05) is 17.7 Å². The molecule has 0 radical (unpaired) electrons. The number of hydrogen-bond donors (Lipinski definition) is 2. The zero-order chi connectivity index (χ0) is 12.3. The smallest absolute Gasteiger partial charge is 0.224 e. The summed E-state index contributed by atoms with van der Waals surface area (Å²) in [5.74, 6) is 0.173. The normalized spacial score (nSPS) is 10.3.